The maximum absolute atomic E-state index is 12.8. The second-order valence-corrected chi connectivity index (χ2v) is 16.1. The minimum atomic E-state index is -0.790. The summed E-state index contributed by atoms with van der Waals surface area (Å²) in [5, 5.41) is 0. The minimum absolute atomic E-state index is 0.0886. The SMILES string of the molecule is CC\C=C/C=C\C=C/C=C\CCCCCCCC(=O)OCC(COC(=O)CCCCCCCCCCCCCC)OC(=O)CCCCCCCCC\C=C/C=C\C=C/CC. The number of ether oxygens (including phenoxy) is 3. The number of esters is 3. The molecule has 1 atom stereocenters. The second-order valence-electron chi connectivity index (χ2n) is 16.1. The Hall–Kier alpha value is -3.41. The molecule has 0 aromatic heterocycles. The van der Waals surface area contributed by atoms with Crippen molar-refractivity contribution < 1.29 is 28.6 Å². The van der Waals surface area contributed by atoms with Crippen LogP contribution in [0, 0.1) is 0 Å². The van der Waals surface area contributed by atoms with Gasteiger partial charge in [-0.1, -0.05) is 228 Å². The summed E-state index contributed by atoms with van der Waals surface area (Å²) in [4.78, 5) is 37.9. The van der Waals surface area contributed by atoms with Crippen molar-refractivity contribution in [2.75, 3.05) is 13.2 Å². The molecule has 0 aromatic carbocycles. The number of unbranched alkanes of at least 4 members (excludes halogenated alkanes) is 23. The molecule has 0 bridgehead atoms. The van der Waals surface area contributed by atoms with Crippen molar-refractivity contribution in [3.8, 4) is 0 Å². The van der Waals surface area contributed by atoms with Gasteiger partial charge in [-0.05, 0) is 57.8 Å². The molecule has 0 fully saturated rings. The van der Waals surface area contributed by atoms with E-state index < -0.39 is 6.10 Å². The van der Waals surface area contributed by atoms with Crippen LogP contribution in [0.4, 0.5) is 0 Å². The number of carbonyl (C=O) groups is 3. The summed E-state index contributed by atoms with van der Waals surface area (Å²) < 4.78 is 16.7. The van der Waals surface area contributed by atoms with E-state index in [1.807, 2.05) is 18.2 Å². The smallest absolute Gasteiger partial charge is 0.306 e. The van der Waals surface area contributed by atoms with Crippen LogP contribution in [0.3, 0.4) is 0 Å². The van der Waals surface area contributed by atoms with Crippen LogP contribution >= 0.6 is 0 Å². The third kappa shape index (κ3) is 45.7. The lowest BCUT2D eigenvalue weighted by Crippen LogP contribution is -2.30. The maximum Gasteiger partial charge on any atom is 0.306 e. The molecular weight excluding hydrogens is 745 g/mol. The Bertz CT molecular complexity index is 1190. The Morgan fingerprint density at radius 2 is 0.650 bits per heavy atom. The van der Waals surface area contributed by atoms with Crippen molar-refractivity contribution in [2.45, 2.75) is 226 Å². The highest BCUT2D eigenvalue weighted by Gasteiger charge is 2.19. The number of rotatable bonds is 43. The molecule has 0 aliphatic carbocycles. The largest absolute Gasteiger partial charge is 0.462 e. The lowest BCUT2D eigenvalue weighted by molar-refractivity contribution is -0.167. The molecule has 342 valence electrons. The third-order valence-corrected chi connectivity index (χ3v) is 10.3. The van der Waals surface area contributed by atoms with Crippen molar-refractivity contribution in [1.82, 2.24) is 0 Å². The van der Waals surface area contributed by atoms with Crippen molar-refractivity contribution in [3.63, 3.8) is 0 Å². The predicted molar refractivity (Wildman–Crippen MR) is 256 cm³/mol. The Balaban J connectivity index is 4.45. The topological polar surface area (TPSA) is 78.9 Å². The maximum atomic E-state index is 12.8. The minimum Gasteiger partial charge on any atom is -0.462 e. The summed E-state index contributed by atoms with van der Waals surface area (Å²) in [7, 11) is 0. The van der Waals surface area contributed by atoms with Gasteiger partial charge in [-0.25, -0.2) is 0 Å². The molecule has 1 unspecified atom stereocenters. The zero-order chi connectivity index (χ0) is 43.7. The first-order valence-corrected chi connectivity index (χ1v) is 24.7. The number of hydrogen-bond donors (Lipinski definition) is 0. The molecule has 0 heterocycles. The Morgan fingerprint density at radius 1 is 0.350 bits per heavy atom. The van der Waals surface area contributed by atoms with Gasteiger partial charge in [0.05, 0.1) is 0 Å². The number of carbonyl (C=O) groups excluding carboxylic acids is 3. The average Bonchev–Trinajstić information content (AvgIpc) is 3.24. The average molecular weight is 835 g/mol. The molecule has 0 aliphatic heterocycles. The summed E-state index contributed by atoms with van der Waals surface area (Å²) in [6, 6.07) is 0. The first-order chi connectivity index (χ1) is 29.5. The van der Waals surface area contributed by atoms with E-state index in [1.54, 1.807) is 0 Å². The summed E-state index contributed by atoms with van der Waals surface area (Å²) in [6.45, 7) is 6.33. The van der Waals surface area contributed by atoms with Gasteiger partial charge in [0.15, 0.2) is 6.10 Å². The van der Waals surface area contributed by atoms with Crippen molar-refractivity contribution in [1.29, 1.82) is 0 Å². The first-order valence-electron chi connectivity index (χ1n) is 24.7. The first kappa shape index (κ1) is 56.6. The fraction of sp³-hybridized carbons (Fsp3) is 0.685. The summed E-state index contributed by atoms with van der Waals surface area (Å²) >= 11 is 0. The van der Waals surface area contributed by atoms with Crippen LogP contribution in [0.2, 0.25) is 0 Å². The molecule has 0 rings (SSSR count). The highest BCUT2D eigenvalue weighted by Crippen LogP contribution is 2.15. The molecule has 0 aliphatic rings. The monoisotopic (exact) mass is 835 g/mol. The standard InChI is InChI=1S/C54H90O6/c1-4-7-10-13-16-19-22-25-27-29-32-35-38-41-44-47-53(56)59-50-51(49-58-52(55)46-43-40-37-34-31-24-21-18-15-12-9-6-3)60-54(57)48-45-42-39-36-33-30-28-26-23-20-17-14-11-8-5-2/h7-8,10-11,13-14,16-17,19-20,22-23,25,27,51H,4-6,9,12,15,18,21,24,26,28-50H2,1-3H3/b10-7-,11-8-,16-13-,17-14-,22-19-,23-20-,27-25-. The van der Waals surface area contributed by atoms with Crippen LogP contribution in [0.25, 0.3) is 0 Å². The second kappa shape index (κ2) is 48.3. The van der Waals surface area contributed by atoms with Gasteiger partial charge < -0.3 is 14.2 Å². The van der Waals surface area contributed by atoms with E-state index in [2.05, 4.69) is 87.6 Å². The Kier molecular flexibility index (Phi) is 45.5. The molecule has 0 aromatic rings. The third-order valence-electron chi connectivity index (χ3n) is 10.3. The van der Waals surface area contributed by atoms with Gasteiger partial charge >= 0.3 is 17.9 Å². The fourth-order valence-corrected chi connectivity index (χ4v) is 6.63. The van der Waals surface area contributed by atoms with Gasteiger partial charge in [0.25, 0.3) is 0 Å². The molecule has 0 saturated heterocycles. The van der Waals surface area contributed by atoms with Gasteiger partial charge in [0.1, 0.15) is 13.2 Å². The number of hydrogen-bond acceptors (Lipinski definition) is 6. The van der Waals surface area contributed by atoms with Gasteiger partial charge in [-0.2, -0.15) is 0 Å². The molecule has 0 spiro atoms. The Labute approximate surface area is 369 Å². The van der Waals surface area contributed by atoms with Gasteiger partial charge in [0.2, 0.25) is 0 Å². The normalized spacial score (nSPS) is 12.8. The molecule has 6 nitrogen and oxygen atoms in total. The van der Waals surface area contributed by atoms with Crippen LogP contribution in [-0.2, 0) is 28.6 Å². The number of allylic oxidation sites excluding steroid dienone is 14. The van der Waals surface area contributed by atoms with E-state index in [-0.39, 0.29) is 31.1 Å². The fourth-order valence-electron chi connectivity index (χ4n) is 6.63. The molecule has 0 radical (unpaired) electrons. The van der Waals surface area contributed by atoms with Crippen molar-refractivity contribution in [2.24, 2.45) is 0 Å². The van der Waals surface area contributed by atoms with Gasteiger partial charge in [-0.3, -0.25) is 14.4 Å². The van der Waals surface area contributed by atoms with Gasteiger partial charge in [0, 0.05) is 19.3 Å². The van der Waals surface area contributed by atoms with Crippen LogP contribution in [0.15, 0.2) is 85.1 Å². The van der Waals surface area contributed by atoms with E-state index in [9.17, 15) is 14.4 Å². The molecule has 0 amide bonds. The van der Waals surface area contributed by atoms with E-state index in [0.29, 0.717) is 19.3 Å². The lowest BCUT2D eigenvalue weighted by atomic mass is 10.0. The summed E-state index contributed by atoms with van der Waals surface area (Å²) in [5.74, 6) is -0.927. The zero-order valence-electron chi connectivity index (χ0n) is 38.9. The van der Waals surface area contributed by atoms with E-state index >= 15 is 0 Å². The summed E-state index contributed by atoms with van der Waals surface area (Å²) in [5.41, 5.74) is 0. The predicted octanol–water partition coefficient (Wildman–Crippen LogP) is 16.0. The van der Waals surface area contributed by atoms with Gasteiger partial charge in [-0.15, -0.1) is 0 Å². The van der Waals surface area contributed by atoms with Crippen molar-refractivity contribution in [3.05, 3.63) is 85.1 Å². The van der Waals surface area contributed by atoms with E-state index in [1.165, 1.54) is 83.5 Å². The van der Waals surface area contributed by atoms with Crippen LogP contribution < -0.4 is 0 Å². The molecule has 6 heteroatoms. The molecule has 0 N–H and O–H groups in total. The van der Waals surface area contributed by atoms with E-state index in [0.717, 1.165) is 96.3 Å². The highest BCUT2D eigenvalue weighted by molar-refractivity contribution is 5.71. The zero-order valence-corrected chi connectivity index (χ0v) is 38.9. The molecule has 60 heavy (non-hydrogen) atoms. The van der Waals surface area contributed by atoms with Crippen LogP contribution in [-0.4, -0.2) is 37.2 Å². The lowest BCUT2D eigenvalue weighted by Gasteiger charge is -2.18. The quantitative estimate of drug-likeness (QED) is 0.0263. The highest BCUT2D eigenvalue weighted by atomic mass is 16.6. The summed E-state index contributed by atoms with van der Waals surface area (Å²) in [6.07, 6.45) is 61.3. The van der Waals surface area contributed by atoms with Crippen molar-refractivity contribution >= 4 is 17.9 Å². The Morgan fingerprint density at radius 3 is 1.02 bits per heavy atom. The molecular formula is C54H90O6. The van der Waals surface area contributed by atoms with Crippen LogP contribution in [0.1, 0.15) is 220 Å². The van der Waals surface area contributed by atoms with Crippen LogP contribution in [0.5, 0.6) is 0 Å². The molecule has 0 saturated carbocycles. The van der Waals surface area contributed by atoms with E-state index in [4.69, 9.17) is 14.2 Å².